The van der Waals surface area contributed by atoms with Crippen LogP contribution in [0.1, 0.15) is 17.5 Å². The SMILES string of the molecule is CO/N=C1\CCc2ccc(O)cc21. The fourth-order valence-corrected chi connectivity index (χ4v) is 1.64. The number of phenolic OH excluding ortho intramolecular Hbond substituents is 1. The number of rotatable bonds is 1. The van der Waals surface area contributed by atoms with Crippen LogP contribution in [-0.4, -0.2) is 17.9 Å². The van der Waals surface area contributed by atoms with Gasteiger partial charge in [0.1, 0.15) is 12.9 Å². The summed E-state index contributed by atoms with van der Waals surface area (Å²) >= 11 is 0. The van der Waals surface area contributed by atoms with Crippen LogP contribution in [0.2, 0.25) is 0 Å². The Morgan fingerprint density at radius 1 is 1.38 bits per heavy atom. The quantitative estimate of drug-likeness (QED) is 0.663. The molecule has 3 heteroatoms. The zero-order chi connectivity index (χ0) is 9.26. The van der Waals surface area contributed by atoms with Crippen molar-refractivity contribution in [3.63, 3.8) is 0 Å². The number of hydrogen-bond acceptors (Lipinski definition) is 3. The molecule has 0 aliphatic heterocycles. The fourth-order valence-electron chi connectivity index (χ4n) is 1.64. The molecule has 68 valence electrons. The molecular formula is C10H11NO2. The molecule has 0 fully saturated rings. The first-order valence-electron chi connectivity index (χ1n) is 4.23. The summed E-state index contributed by atoms with van der Waals surface area (Å²) in [5, 5.41) is 13.2. The van der Waals surface area contributed by atoms with Crippen LogP contribution < -0.4 is 0 Å². The van der Waals surface area contributed by atoms with Crippen LogP contribution in [-0.2, 0) is 11.3 Å². The Kier molecular flexibility index (Phi) is 1.93. The van der Waals surface area contributed by atoms with E-state index in [0.717, 1.165) is 24.1 Å². The summed E-state index contributed by atoms with van der Waals surface area (Å²) in [5.74, 6) is 0.282. The van der Waals surface area contributed by atoms with E-state index in [4.69, 9.17) is 4.84 Å². The van der Waals surface area contributed by atoms with Crippen LogP contribution in [0.5, 0.6) is 5.75 Å². The van der Waals surface area contributed by atoms with Crippen molar-refractivity contribution in [3.8, 4) is 5.75 Å². The third-order valence-electron chi connectivity index (χ3n) is 2.24. The molecule has 0 bridgehead atoms. The molecule has 3 nitrogen and oxygen atoms in total. The molecule has 1 aromatic rings. The lowest BCUT2D eigenvalue weighted by Gasteiger charge is -1.99. The van der Waals surface area contributed by atoms with Gasteiger partial charge in [-0.25, -0.2) is 0 Å². The zero-order valence-corrected chi connectivity index (χ0v) is 7.45. The molecule has 1 aliphatic rings. The highest BCUT2D eigenvalue weighted by molar-refractivity contribution is 6.04. The van der Waals surface area contributed by atoms with Gasteiger partial charge in [0.25, 0.3) is 0 Å². The number of nitrogens with zero attached hydrogens (tertiary/aromatic N) is 1. The van der Waals surface area contributed by atoms with Crippen molar-refractivity contribution in [1.82, 2.24) is 0 Å². The van der Waals surface area contributed by atoms with E-state index < -0.39 is 0 Å². The molecule has 13 heavy (non-hydrogen) atoms. The van der Waals surface area contributed by atoms with Crippen molar-refractivity contribution >= 4 is 5.71 Å². The molecular weight excluding hydrogens is 166 g/mol. The Morgan fingerprint density at radius 2 is 2.23 bits per heavy atom. The second-order valence-electron chi connectivity index (χ2n) is 3.06. The second-order valence-corrected chi connectivity index (χ2v) is 3.06. The average Bonchev–Trinajstić information content (AvgIpc) is 2.49. The number of fused-ring (bicyclic) bond motifs is 1. The van der Waals surface area contributed by atoms with E-state index in [-0.39, 0.29) is 5.75 Å². The van der Waals surface area contributed by atoms with E-state index in [9.17, 15) is 5.11 Å². The third-order valence-corrected chi connectivity index (χ3v) is 2.24. The Morgan fingerprint density at radius 3 is 3.00 bits per heavy atom. The van der Waals surface area contributed by atoms with Crippen LogP contribution >= 0.6 is 0 Å². The maximum Gasteiger partial charge on any atom is 0.116 e. The van der Waals surface area contributed by atoms with Gasteiger partial charge in [0, 0.05) is 5.56 Å². The highest BCUT2D eigenvalue weighted by Crippen LogP contribution is 2.26. The minimum absolute atomic E-state index is 0.282. The number of phenols is 1. The van der Waals surface area contributed by atoms with Crippen molar-refractivity contribution in [2.75, 3.05) is 7.11 Å². The maximum absolute atomic E-state index is 9.29. The average molecular weight is 177 g/mol. The first kappa shape index (κ1) is 8.10. The van der Waals surface area contributed by atoms with Crippen molar-refractivity contribution in [3.05, 3.63) is 29.3 Å². The van der Waals surface area contributed by atoms with Crippen LogP contribution in [0.3, 0.4) is 0 Å². The van der Waals surface area contributed by atoms with Crippen LogP contribution in [0.15, 0.2) is 23.4 Å². The van der Waals surface area contributed by atoms with E-state index in [1.807, 2.05) is 6.07 Å². The van der Waals surface area contributed by atoms with Gasteiger partial charge in [0.2, 0.25) is 0 Å². The maximum atomic E-state index is 9.29. The lowest BCUT2D eigenvalue weighted by Crippen LogP contribution is -1.94. The number of oxime groups is 1. The summed E-state index contributed by atoms with van der Waals surface area (Å²) in [6, 6.07) is 5.37. The van der Waals surface area contributed by atoms with E-state index in [0.29, 0.717) is 0 Å². The molecule has 1 aliphatic carbocycles. The van der Waals surface area contributed by atoms with Gasteiger partial charge in [-0.1, -0.05) is 11.2 Å². The van der Waals surface area contributed by atoms with Gasteiger partial charge in [-0.15, -0.1) is 0 Å². The van der Waals surface area contributed by atoms with Gasteiger partial charge in [-0.3, -0.25) is 0 Å². The molecule has 0 heterocycles. The summed E-state index contributed by atoms with van der Waals surface area (Å²) < 4.78 is 0. The van der Waals surface area contributed by atoms with Gasteiger partial charge >= 0.3 is 0 Å². The predicted molar refractivity (Wildman–Crippen MR) is 50.0 cm³/mol. The third kappa shape index (κ3) is 1.37. The fraction of sp³-hybridized carbons (Fsp3) is 0.300. The normalized spacial score (nSPS) is 17.5. The minimum atomic E-state index is 0.282. The molecule has 0 spiro atoms. The predicted octanol–water partition coefficient (Wildman–Crippen LogP) is 1.69. The van der Waals surface area contributed by atoms with Crippen LogP contribution in [0, 0.1) is 0 Å². The van der Waals surface area contributed by atoms with E-state index in [2.05, 4.69) is 5.16 Å². The summed E-state index contributed by atoms with van der Waals surface area (Å²) in [6.45, 7) is 0. The topological polar surface area (TPSA) is 41.8 Å². The van der Waals surface area contributed by atoms with Crippen molar-refractivity contribution in [2.24, 2.45) is 5.16 Å². The molecule has 1 aromatic carbocycles. The van der Waals surface area contributed by atoms with Crippen LogP contribution in [0.4, 0.5) is 0 Å². The standard InChI is InChI=1S/C10H11NO2/c1-13-11-10-5-3-7-2-4-8(12)6-9(7)10/h2,4,6,12H,3,5H2,1H3/b11-10+. The summed E-state index contributed by atoms with van der Waals surface area (Å²) in [5.41, 5.74) is 3.17. The highest BCUT2D eigenvalue weighted by Gasteiger charge is 2.18. The second kappa shape index (κ2) is 3.09. The van der Waals surface area contributed by atoms with E-state index >= 15 is 0 Å². The minimum Gasteiger partial charge on any atom is -0.508 e. The van der Waals surface area contributed by atoms with Gasteiger partial charge in [-0.05, 0) is 30.5 Å². The molecule has 0 radical (unpaired) electrons. The Labute approximate surface area is 76.6 Å². The van der Waals surface area contributed by atoms with Crippen molar-refractivity contribution in [2.45, 2.75) is 12.8 Å². The summed E-state index contributed by atoms with van der Waals surface area (Å²) in [4.78, 5) is 4.73. The molecule has 0 saturated carbocycles. The van der Waals surface area contributed by atoms with Crippen molar-refractivity contribution < 1.29 is 9.94 Å². The monoisotopic (exact) mass is 177 g/mol. The number of aromatic hydroxyl groups is 1. The Balaban J connectivity index is 2.46. The van der Waals surface area contributed by atoms with Crippen molar-refractivity contribution in [1.29, 1.82) is 0 Å². The largest absolute Gasteiger partial charge is 0.508 e. The van der Waals surface area contributed by atoms with Gasteiger partial charge in [0.05, 0.1) is 5.71 Å². The zero-order valence-electron chi connectivity index (χ0n) is 7.45. The van der Waals surface area contributed by atoms with E-state index in [1.54, 1.807) is 12.1 Å². The Hall–Kier alpha value is -1.51. The molecule has 0 atom stereocenters. The highest BCUT2D eigenvalue weighted by atomic mass is 16.6. The lowest BCUT2D eigenvalue weighted by molar-refractivity contribution is 0.213. The first-order chi connectivity index (χ1) is 6.31. The molecule has 0 unspecified atom stereocenters. The van der Waals surface area contributed by atoms with Gasteiger partial charge in [-0.2, -0.15) is 0 Å². The molecule has 2 rings (SSSR count). The number of hydrogen-bond donors (Lipinski definition) is 1. The molecule has 0 saturated heterocycles. The van der Waals surface area contributed by atoms with Crippen LogP contribution in [0.25, 0.3) is 0 Å². The molecule has 0 aromatic heterocycles. The Bertz CT molecular complexity index is 358. The first-order valence-corrected chi connectivity index (χ1v) is 4.23. The molecule has 1 N–H and O–H groups in total. The summed E-state index contributed by atoms with van der Waals surface area (Å²) in [6.07, 6.45) is 1.88. The van der Waals surface area contributed by atoms with Gasteiger partial charge < -0.3 is 9.94 Å². The lowest BCUT2D eigenvalue weighted by atomic mass is 10.1. The molecule has 0 amide bonds. The smallest absolute Gasteiger partial charge is 0.116 e. The summed E-state index contributed by atoms with van der Waals surface area (Å²) in [7, 11) is 1.54. The number of aryl methyl sites for hydroxylation is 1. The number of benzene rings is 1. The van der Waals surface area contributed by atoms with E-state index in [1.165, 1.54) is 12.7 Å². The van der Waals surface area contributed by atoms with Gasteiger partial charge in [0.15, 0.2) is 0 Å².